The lowest BCUT2D eigenvalue weighted by Crippen LogP contribution is -2.02. The van der Waals surface area contributed by atoms with Gasteiger partial charge < -0.3 is 5.73 Å². The highest BCUT2D eigenvalue weighted by atomic mass is 32.1. The van der Waals surface area contributed by atoms with Crippen molar-refractivity contribution >= 4 is 18.4 Å². The summed E-state index contributed by atoms with van der Waals surface area (Å²) in [5.74, 6) is 0.334. The molecule has 0 saturated heterocycles. The molecule has 0 heterocycles. The molecule has 0 spiro atoms. The number of Topliss-reactive ketones (excluding diaryl/α,β-unsaturated/α-hetero) is 1. The predicted octanol–water partition coefficient (Wildman–Crippen LogP) is 1.69. The molecule has 0 amide bonds. The molecule has 3 heteroatoms. The summed E-state index contributed by atoms with van der Waals surface area (Å²) >= 11 is 3.94. The quantitative estimate of drug-likeness (QED) is 0.572. The topological polar surface area (TPSA) is 43.1 Å². The van der Waals surface area contributed by atoms with Crippen molar-refractivity contribution in [3.8, 4) is 0 Å². The van der Waals surface area contributed by atoms with Crippen LogP contribution in [0.5, 0.6) is 0 Å². The van der Waals surface area contributed by atoms with Crippen molar-refractivity contribution in [3.63, 3.8) is 0 Å². The van der Waals surface area contributed by atoms with Gasteiger partial charge in [0.2, 0.25) is 0 Å². The zero-order chi connectivity index (χ0) is 10.4. The van der Waals surface area contributed by atoms with E-state index >= 15 is 0 Å². The van der Waals surface area contributed by atoms with Crippen molar-refractivity contribution in [2.75, 3.05) is 12.3 Å². The minimum absolute atomic E-state index is 0.0682. The number of carbonyl (C=O) groups excluding carboxylic acids is 1. The van der Waals surface area contributed by atoms with Crippen LogP contribution >= 0.6 is 12.6 Å². The van der Waals surface area contributed by atoms with Gasteiger partial charge in [0.15, 0.2) is 5.78 Å². The highest BCUT2D eigenvalue weighted by Gasteiger charge is 2.02. The van der Waals surface area contributed by atoms with Gasteiger partial charge >= 0.3 is 0 Å². The Morgan fingerprint density at radius 2 is 1.93 bits per heavy atom. The molecule has 0 radical (unpaired) electrons. The Hall–Kier alpha value is -0.800. The molecule has 2 N–H and O–H groups in total. The van der Waals surface area contributed by atoms with Crippen LogP contribution in [0.3, 0.4) is 0 Å². The number of benzene rings is 1. The molecular formula is C11H15NOS. The molecule has 0 aliphatic rings. The molecule has 0 aliphatic heterocycles. The van der Waals surface area contributed by atoms with Gasteiger partial charge in [-0.3, -0.25) is 4.79 Å². The zero-order valence-corrected chi connectivity index (χ0v) is 8.97. The third kappa shape index (κ3) is 3.16. The van der Waals surface area contributed by atoms with E-state index in [1.165, 1.54) is 5.56 Å². The number of carbonyl (C=O) groups is 1. The van der Waals surface area contributed by atoms with Gasteiger partial charge in [-0.15, -0.1) is 0 Å². The Morgan fingerprint density at radius 1 is 1.29 bits per heavy atom. The van der Waals surface area contributed by atoms with Crippen LogP contribution in [0.15, 0.2) is 24.3 Å². The van der Waals surface area contributed by atoms with Crippen molar-refractivity contribution in [3.05, 3.63) is 35.4 Å². The number of hydrogen-bond donors (Lipinski definition) is 2. The van der Waals surface area contributed by atoms with Crippen molar-refractivity contribution in [2.45, 2.75) is 12.8 Å². The van der Waals surface area contributed by atoms with Gasteiger partial charge in [0.05, 0.1) is 5.75 Å². The summed E-state index contributed by atoms with van der Waals surface area (Å²) in [5, 5.41) is 0. The molecule has 1 aromatic rings. The minimum Gasteiger partial charge on any atom is -0.330 e. The molecule has 2 nitrogen and oxygen atoms in total. The molecule has 0 aliphatic carbocycles. The van der Waals surface area contributed by atoms with Crippen LogP contribution in [0.1, 0.15) is 22.3 Å². The van der Waals surface area contributed by atoms with Crippen molar-refractivity contribution in [1.29, 1.82) is 0 Å². The number of nitrogens with two attached hydrogens (primary N) is 1. The standard InChI is InChI=1S/C11H15NOS/c12-7-1-2-9-3-5-10(6-4-9)11(13)8-14/h3-6,14H,1-2,7-8,12H2. The summed E-state index contributed by atoms with van der Waals surface area (Å²) in [6.07, 6.45) is 1.96. The highest BCUT2D eigenvalue weighted by Crippen LogP contribution is 2.07. The predicted molar refractivity (Wildman–Crippen MR) is 62.0 cm³/mol. The lowest BCUT2D eigenvalue weighted by molar-refractivity contribution is 0.102. The van der Waals surface area contributed by atoms with Gasteiger partial charge in [-0.05, 0) is 24.9 Å². The van der Waals surface area contributed by atoms with Crippen LogP contribution in [0.2, 0.25) is 0 Å². The maximum absolute atomic E-state index is 11.2. The van der Waals surface area contributed by atoms with E-state index in [9.17, 15) is 4.79 Å². The number of thiol groups is 1. The van der Waals surface area contributed by atoms with Gasteiger partial charge in [0, 0.05) is 5.56 Å². The van der Waals surface area contributed by atoms with E-state index in [2.05, 4.69) is 12.6 Å². The molecule has 1 aromatic carbocycles. The number of hydrogen-bond acceptors (Lipinski definition) is 3. The van der Waals surface area contributed by atoms with E-state index < -0.39 is 0 Å². The van der Waals surface area contributed by atoms with Crippen LogP contribution < -0.4 is 5.73 Å². The Bertz CT molecular complexity index is 295. The first-order valence-corrected chi connectivity index (χ1v) is 5.34. The molecule has 14 heavy (non-hydrogen) atoms. The number of rotatable bonds is 5. The summed E-state index contributed by atoms with van der Waals surface area (Å²) in [6, 6.07) is 7.66. The summed E-state index contributed by atoms with van der Waals surface area (Å²) < 4.78 is 0. The average molecular weight is 209 g/mol. The van der Waals surface area contributed by atoms with E-state index in [0.29, 0.717) is 6.54 Å². The first-order chi connectivity index (χ1) is 6.77. The van der Waals surface area contributed by atoms with Gasteiger partial charge in [0.1, 0.15) is 0 Å². The van der Waals surface area contributed by atoms with Crippen LogP contribution in [0.25, 0.3) is 0 Å². The van der Waals surface area contributed by atoms with Gasteiger partial charge in [0.25, 0.3) is 0 Å². The largest absolute Gasteiger partial charge is 0.330 e. The second-order valence-corrected chi connectivity index (χ2v) is 3.49. The van der Waals surface area contributed by atoms with Crippen LogP contribution in [-0.2, 0) is 6.42 Å². The second-order valence-electron chi connectivity index (χ2n) is 3.17. The summed E-state index contributed by atoms with van der Waals surface area (Å²) in [6.45, 7) is 0.706. The van der Waals surface area contributed by atoms with Crippen molar-refractivity contribution in [2.24, 2.45) is 5.73 Å². The fraction of sp³-hybridized carbons (Fsp3) is 0.364. The van der Waals surface area contributed by atoms with Gasteiger partial charge in [-0.25, -0.2) is 0 Å². The molecule has 0 fully saturated rings. The smallest absolute Gasteiger partial charge is 0.172 e. The summed E-state index contributed by atoms with van der Waals surface area (Å²) in [5.41, 5.74) is 7.37. The minimum atomic E-state index is 0.0682. The molecule has 76 valence electrons. The van der Waals surface area contributed by atoms with Gasteiger partial charge in [-0.2, -0.15) is 12.6 Å². The zero-order valence-electron chi connectivity index (χ0n) is 8.07. The fourth-order valence-electron chi connectivity index (χ4n) is 1.25. The van der Waals surface area contributed by atoms with Crippen LogP contribution in [-0.4, -0.2) is 18.1 Å². The van der Waals surface area contributed by atoms with E-state index in [1.54, 1.807) is 0 Å². The molecule has 0 bridgehead atoms. The average Bonchev–Trinajstić information content (AvgIpc) is 2.26. The van der Waals surface area contributed by atoms with Crippen LogP contribution in [0, 0.1) is 0 Å². The number of ketones is 1. The Kier molecular flexibility index (Phi) is 4.70. The molecule has 0 aromatic heterocycles. The lowest BCUT2D eigenvalue weighted by atomic mass is 10.1. The SMILES string of the molecule is NCCCc1ccc(C(=O)CS)cc1. The monoisotopic (exact) mass is 209 g/mol. The number of aryl methyl sites for hydroxylation is 1. The van der Waals surface area contributed by atoms with E-state index in [0.717, 1.165) is 18.4 Å². The van der Waals surface area contributed by atoms with Crippen LogP contribution in [0.4, 0.5) is 0 Å². The Labute approximate surface area is 89.9 Å². The maximum atomic E-state index is 11.2. The van der Waals surface area contributed by atoms with Crippen molar-refractivity contribution in [1.82, 2.24) is 0 Å². The highest BCUT2D eigenvalue weighted by molar-refractivity contribution is 7.81. The van der Waals surface area contributed by atoms with Gasteiger partial charge in [-0.1, -0.05) is 24.3 Å². The fourth-order valence-corrected chi connectivity index (χ4v) is 1.44. The first-order valence-electron chi connectivity index (χ1n) is 4.71. The summed E-state index contributed by atoms with van der Waals surface area (Å²) in [4.78, 5) is 11.2. The van der Waals surface area contributed by atoms with E-state index in [4.69, 9.17) is 5.73 Å². The van der Waals surface area contributed by atoms with E-state index in [-0.39, 0.29) is 11.5 Å². The Balaban J connectivity index is 2.63. The molecule has 1 rings (SSSR count). The molecule has 0 saturated carbocycles. The molecule has 0 atom stereocenters. The molecule has 0 unspecified atom stereocenters. The lowest BCUT2D eigenvalue weighted by Gasteiger charge is -2.01. The third-order valence-electron chi connectivity index (χ3n) is 2.09. The Morgan fingerprint density at radius 3 is 2.43 bits per heavy atom. The van der Waals surface area contributed by atoms with E-state index in [1.807, 2.05) is 24.3 Å². The summed E-state index contributed by atoms with van der Waals surface area (Å²) in [7, 11) is 0. The normalized spacial score (nSPS) is 10.1. The second kappa shape index (κ2) is 5.83. The first kappa shape index (κ1) is 11.3. The third-order valence-corrected chi connectivity index (χ3v) is 2.38. The van der Waals surface area contributed by atoms with Crippen molar-refractivity contribution < 1.29 is 4.79 Å². The maximum Gasteiger partial charge on any atom is 0.172 e. The molecular weight excluding hydrogens is 194 g/mol.